The zero-order chi connectivity index (χ0) is 21.4. The van der Waals surface area contributed by atoms with Crippen LogP contribution in [-0.2, 0) is 0 Å². The van der Waals surface area contributed by atoms with E-state index in [9.17, 15) is 4.79 Å². The lowest BCUT2D eigenvalue weighted by atomic mass is 10.0. The Bertz CT molecular complexity index is 1340. The molecule has 0 atom stereocenters. The fourth-order valence-electron chi connectivity index (χ4n) is 3.74. The largest absolute Gasteiger partial charge is 0.439 e. The Balaban J connectivity index is 1.57. The minimum Gasteiger partial charge on any atom is -0.439 e. The van der Waals surface area contributed by atoms with Crippen LogP contribution in [0.25, 0.3) is 21.7 Å². The van der Waals surface area contributed by atoms with Gasteiger partial charge in [0.2, 0.25) is 5.43 Å². The van der Waals surface area contributed by atoms with Gasteiger partial charge in [-0.3, -0.25) is 10.2 Å². The van der Waals surface area contributed by atoms with Gasteiger partial charge in [0.05, 0.1) is 17.0 Å². The summed E-state index contributed by atoms with van der Waals surface area (Å²) in [6, 6.07) is 11.1. The van der Waals surface area contributed by atoms with Crippen molar-refractivity contribution in [2.24, 2.45) is 0 Å². The third-order valence-corrected chi connectivity index (χ3v) is 6.40. The first-order valence-corrected chi connectivity index (χ1v) is 11.0. The van der Waals surface area contributed by atoms with Gasteiger partial charge in [-0.2, -0.15) is 0 Å². The molecule has 1 aromatic carbocycles. The number of thiophene rings is 1. The Hall–Kier alpha value is -3.36. The van der Waals surface area contributed by atoms with Crippen molar-refractivity contribution in [2.75, 3.05) is 31.1 Å². The molecule has 4 aromatic rings. The molecule has 1 saturated heterocycles. The van der Waals surface area contributed by atoms with Crippen molar-refractivity contribution in [2.45, 2.75) is 6.92 Å². The molecular formula is C23H21N5O2S. The minimum absolute atomic E-state index is 0.0603. The van der Waals surface area contributed by atoms with Crippen LogP contribution < -0.4 is 15.6 Å². The molecule has 5 rings (SSSR count). The summed E-state index contributed by atoms with van der Waals surface area (Å²) in [4.78, 5) is 23.8. The maximum absolute atomic E-state index is 12.7. The zero-order valence-electron chi connectivity index (χ0n) is 17.0. The highest BCUT2D eigenvalue weighted by Gasteiger charge is 2.20. The molecule has 31 heavy (non-hydrogen) atoms. The van der Waals surface area contributed by atoms with E-state index in [1.165, 1.54) is 11.3 Å². The van der Waals surface area contributed by atoms with Crippen LogP contribution in [0.15, 0.2) is 57.2 Å². The highest BCUT2D eigenvalue weighted by molar-refractivity contribution is 7.17. The lowest BCUT2D eigenvalue weighted by Gasteiger charge is -2.27. The van der Waals surface area contributed by atoms with Crippen LogP contribution in [0.4, 0.5) is 5.88 Å². The number of aromatic nitrogens is 2. The van der Waals surface area contributed by atoms with E-state index in [1.807, 2.05) is 36.6 Å². The lowest BCUT2D eigenvalue weighted by Crippen LogP contribution is -2.43. The third kappa shape index (κ3) is 3.64. The fourth-order valence-corrected chi connectivity index (χ4v) is 4.63. The van der Waals surface area contributed by atoms with E-state index in [2.05, 4.69) is 20.2 Å². The lowest BCUT2D eigenvalue weighted by molar-refractivity contribution is 0.522. The summed E-state index contributed by atoms with van der Waals surface area (Å²) in [7, 11) is 0. The van der Waals surface area contributed by atoms with Crippen LogP contribution in [-0.4, -0.2) is 41.9 Å². The molecule has 0 bridgehead atoms. The molecule has 2 N–H and O–H groups in total. The Kier molecular flexibility index (Phi) is 5.09. The number of nitrogens with one attached hydrogen (secondary N) is 2. The maximum atomic E-state index is 12.7. The zero-order valence-corrected chi connectivity index (χ0v) is 17.8. The summed E-state index contributed by atoms with van der Waals surface area (Å²) >= 11 is 1.33. The average molecular weight is 432 g/mol. The molecule has 8 heteroatoms. The quantitative estimate of drug-likeness (QED) is 0.481. The fraction of sp³-hybridized carbons (Fsp3) is 0.217. The molecule has 0 amide bonds. The van der Waals surface area contributed by atoms with E-state index in [-0.39, 0.29) is 5.43 Å². The van der Waals surface area contributed by atoms with Gasteiger partial charge in [-0.05, 0) is 18.6 Å². The predicted octanol–water partition coefficient (Wildman–Crippen LogP) is 3.45. The second-order valence-electron chi connectivity index (χ2n) is 7.45. The van der Waals surface area contributed by atoms with Crippen LogP contribution in [0.5, 0.6) is 0 Å². The molecule has 1 aliphatic heterocycles. The number of anilines is 1. The van der Waals surface area contributed by atoms with Gasteiger partial charge >= 0.3 is 0 Å². The van der Waals surface area contributed by atoms with E-state index >= 15 is 0 Å². The summed E-state index contributed by atoms with van der Waals surface area (Å²) in [5.41, 5.74) is 3.83. The van der Waals surface area contributed by atoms with E-state index in [0.29, 0.717) is 39.0 Å². The van der Waals surface area contributed by atoms with Gasteiger partial charge in [0.1, 0.15) is 4.70 Å². The van der Waals surface area contributed by atoms with Crippen molar-refractivity contribution in [1.82, 2.24) is 15.3 Å². The van der Waals surface area contributed by atoms with Crippen molar-refractivity contribution in [3.05, 3.63) is 75.0 Å². The van der Waals surface area contributed by atoms with Crippen LogP contribution in [0.3, 0.4) is 0 Å². The predicted molar refractivity (Wildman–Crippen MR) is 124 cm³/mol. The van der Waals surface area contributed by atoms with E-state index in [1.54, 1.807) is 18.3 Å². The Morgan fingerprint density at radius 3 is 2.84 bits per heavy atom. The molecule has 0 unspecified atom stereocenters. The molecule has 0 radical (unpaired) electrons. The van der Waals surface area contributed by atoms with Gasteiger partial charge in [0.25, 0.3) is 0 Å². The maximum Gasteiger partial charge on any atom is 0.204 e. The molecule has 1 fully saturated rings. The van der Waals surface area contributed by atoms with Crippen LogP contribution in [0.1, 0.15) is 16.8 Å². The first-order valence-electron chi connectivity index (χ1n) is 10.1. The van der Waals surface area contributed by atoms with Crippen molar-refractivity contribution >= 4 is 33.2 Å². The molecule has 0 spiro atoms. The van der Waals surface area contributed by atoms with Crippen molar-refractivity contribution in [1.29, 1.82) is 5.41 Å². The van der Waals surface area contributed by atoms with Gasteiger partial charge < -0.3 is 14.6 Å². The second kappa shape index (κ2) is 8.05. The topological polar surface area (TPSA) is 95.1 Å². The number of rotatable bonds is 4. The van der Waals surface area contributed by atoms with Crippen molar-refractivity contribution in [3.63, 3.8) is 0 Å². The highest BCUT2D eigenvalue weighted by atomic mass is 32.1. The van der Waals surface area contributed by atoms with Crippen LogP contribution in [0, 0.1) is 12.3 Å². The minimum atomic E-state index is -0.0603. The summed E-state index contributed by atoms with van der Waals surface area (Å²) < 4.78 is 6.74. The summed E-state index contributed by atoms with van der Waals surface area (Å²) in [6.07, 6.45) is 1.65. The normalized spacial score (nSPS) is 14.2. The standard InChI is InChI=1S/C23H21N5O2S/c1-14-4-2-3-5-15(14)20(24)17-6-7-26-23(27-17)16-13-31-22-18(29)12-19(30-21(16)22)28-10-8-25-9-11-28/h2-7,12-13,24-25H,8-11H2,1H3. The number of fused-ring (bicyclic) bond motifs is 1. The van der Waals surface area contributed by atoms with Gasteiger partial charge in [0, 0.05) is 49.4 Å². The molecular weight excluding hydrogens is 410 g/mol. The van der Waals surface area contributed by atoms with Gasteiger partial charge in [-0.15, -0.1) is 11.3 Å². The highest BCUT2D eigenvalue weighted by Crippen LogP contribution is 2.33. The summed E-state index contributed by atoms with van der Waals surface area (Å²) in [5, 5.41) is 13.8. The monoisotopic (exact) mass is 431 g/mol. The first-order chi connectivity index (χ1) is 15.1. The van der Waals surface area contributed by atoms with Crippen LogP contribution in [0.2, 0.25) is 0 Å². The van der Waals surface area contributed by atoms with E-state index < -0.39 is 0 Å². The summed E-state index contributed by atoms with van der Waals surface area (Å²) in [5.74, 6) is 1.02. The number of benzene rings is 1. The Morgan fingerprint density at radius 1 is 1.23 bits per heavy atom. The smallest absolute Gasteiger partial charge is 0.204 e. The number of nitrogens with zero attached hydrogens (tertiary/aromatic N) is 3. The molecule has 3 aromatic heterocycles. The molecule has 156 valence electrons. The van der Waals surface area contributed by atoms with Gasteiger partial charge in [-0.1, -0.05) is 24.3 Å². The van der Waals surface area contributed by atoms with Gasteiger partial charge in [0.15, 0.2) is 17.3 Å². The van der Waals surface area contributed by atoms with E-state index in [0.717, 1.165) is 37.3 Å². The number of hydrogen-bond acceptors (Lipinski definition) is 8. The third-order valence-electron chi connectivity index (χ3n) is 5.43. The molecule has 7 nitrogen and oxygen atoms in total. The second-order valence-corrected chi connectivity index (χ2v) is 8.33. The molecule has 1 aliphatic rings. The number of aryl methyl sites for hydroxylation is 1. The summed E-state index contributed by atoms with van der Waals surface area (Å²) in [6.45, 7) is 5.25. The van der Waals surface area contributed by atoms with E-state index in [4.69, 9.17) is 9.83 Å². The first kappa shape index (κ1) is 19.6. The number of piperazine rings is 1. The van der Waals surface area contributed by atoms with Crippen molar-refractivity contribution < 1.29 is 4.42 Å². The molecule has 4 heterocycles. The van der Waals surface area contributed by atoms with Crippen LogP contribution >= 0.6 is 11.3 Å². The molecule has 0 saturated carbocycles. The average Bonchev–Trinajstić information content (AvgIpc) is 3.24. The van der Waals surface area contributed by atoms with Gasteiger partial charge in [-0.25, -0.2) is 9.97 Å². The van der Waals surface area contributed by atoms with Crippen molar-refractivity contribution in [3.8, 4) is 11.4 Å². The number of hydrogen-bond donors (Lipinski definition) is 2. The Morgan fingerprint density at radius 2 is 2.03 bits per heavy atom. The SMILES string of the molecule is Cc1ccccc1C(=N)c1ccnc(-c2csc3c(=O)cc(N4CCNCC4)oc23)n1. The Labute approximate surface area is 182 Å². The molecule has 0 aliphatic carbocycles.